The molecule has 0 saturated heterocycles. The van der Waals surface area contributed by atoms with Gasteiger partial charge in [-0.1, -0.05) is 26.0 Å². The van der Waals surface area contributed by atoms with Crippen molar-refractivity contribution in [2.75, 3.05) is 5.32 Å². The quantitative estimate of drug-likeness (QED) is 0.791. The van der Waals surface area contributed by atoms with E-state index in [1.165, 1.54) is 6.07 Å². The smallest absolute Gasteiger partial charge is 0.213 e. The van der Waals surface area contributed by atoms with Gasteiger partial charge < -0.3 is 5.32 Å². The van der Waals surface area contributed by atoms with Crippen molar-refractivity contribution in [1.29, 1.82) is 0 Å². The molecule has 100 valence electrons. The Morgan fingerprint density at radius 2 is 1.84 bits per heavy atom. The maximum atomic E-state index is 12.5. The number of fused-ring (bicyclic) bond motifs is 1. The molecule has 2 aliphatic rings. The van der Waals surface area contributed by atoms with Gasteiger partial charge in [0.2, 0.25) is 9.84 Å². The van der Waals surface area contributed by atoms with Gasteiger partial charge in [-0.3, -0.25) is 4.79 Å². The molecular formula is C14H15NO3S. The topological polar surface area (TPSA) is 63.2 Å². The van der Waals surface area contributed by atoms with E-state index in [1.807, 2.05) is 13.8 Å². The van der Waals surface area contributed by atoms with Gasteiger partial charge in [0.1, 0.15) is 4.91 Å². The Morgan fingerprint density at radius 1 is 1.16 bits per heavy atom. The monoisotopic (exact) mass is 277 g/mol. The second kappa shape index (κ2) is 3.70. The molecular weight excluding hydrogens is 262 g/mol. The fourth-order valence-electron chi connectivity index (χ4n) is 2.79. The van der Waals surface area contributed by atoms with Crippen molar-refractivity contribution in [1.82, 2.24) is 0 Å². The molecule has 0 atom stereocenters. The van der Waals surface area contributed by atoms with Crippen molar-refractivity contribution >= 4 is 21.3 Å². The van der Waals surface area contributed by atoms with Crippen LogP contribution in [0.15, 0.2) is 39.8 Å². The van der Waals surface area contributed by atoms with Gasteiger partial charge in [-0.05, 0) is 24.0 Å². The number of carbonyl (C=O) groups excluding carboxylic acids is 1. The summed E-state index contributed by atoms with van der Waals surface area (Å²) in [5, 5.41) is 3.12. The third-order valence-corrected chi connectivity index (χ3v) is 5.50. The number of hydrogen-bond acceptors (Lipinski definition) is 4. The molecule has 19 heavy (non-hydrogen) atoms. The minimum absolute atomic E-state index is 0.0366. The van der Waals surface area contributed by atoms with Gasteiger partial charge in [0, 0.05) is 12.1 Å². The first-order valence-electron chi connectivity index (χ1n) is 6.19. The molecule has 1 aromatic carbocycles. The minimum Gasteiger partial charge on any atom is -0.357 e. The molecule has 1 aromatic rings. The predicted octanol–water partition coefficient (Wildman–Crippen LogP) is 2.49. The molecule has 1 N–H and O–H groups in total. The Bertz CT molecular complexity index is 714. The van der Waals surface area contributed by atoms with Crippen molar-refractivity contribution in [3.8, 4) is 0 Å². The highest BCUT2D eigenvalue weighted by Gasteiger charge is 2.42. The Balaban J connectivity index is 2.24. The number of ketones is 1. The second-order valence-corrected chi connectivity index (χ2v) is 7.73. The van der Waals surface area contributed by atoms with Crippen LogP contribution in [0.5, 0.6) is 0 Å². The largest absolute Gasteiger partial charge is 0.357 e. The Morgan fingerprint density at radius 3 is 2.58 bits per heavy atom. The molecule has 0 radical (unpaired) electrons. The zero-order valence-electron chi connectivity index (χ0n) is 10.9. The van der Waals surface area contributed by atoms with Crippen molar-refractivity contribution in [3.05, 3.63) is 34.9 Å². The molecule has 4 nitrogen and oxygen atoms in total. The summed E-state index contributed by atoms with van der Waals surface area (Å²) in [6, 6.07) is 6.71. The highest BCUT2D eigenvalue weighted by Crippen LogP contribution is 2.44. The van der Waals surface area contributed by atoms with Crippen LogP contribution in [0.4, 0.5) is 5.69 Å². The number of allylic oxidation sites excluding steroid dienone is 2. The number of nitrogens with one attached hydrogen (secondary N) is 1. The SMILES string of the molecule is CC1(C)CC(=O)C2=C(C1)Nc1ccccc1S2(=O)=O. The maximum Gasteiger partial charge on any atom is 0.213 e. The zero-order chi connectivity index (χ0) is 13.8. The first-order chi connectivity index (χ1) is 8.81. The lowest BCUT2D eigenvalue weighted by Crippen LogP contribution is -2.34. The van der Waals surface area contributed by atoms with E-state index in [4.69, 9.17) is 0 Å². The average Bonchev–Trinajstić information content (AvgIpc) is 2.25. The van der Waals surface area contributed by atoms with E-state index in [9.17, 15) is 13.2 Å². The van der Waals surface area contributed by atoms with Gasteiger partial charge in [0.15, 0.2) is 5.78 Å². The molecule has 0 spiro atoms. The maximum absolute atomic E-state index is 12.5. The Hall–Kier alpha value is -1.62. The van der Waals surface area contributed by atoms with E-state index >= 15 is 0 Å². The molecule has 3 rings (SSSR count). The zero-order valence-corrected chi connectivity index (χ0v) is 11.7. The number of anilines is 1. The van der Waals surface area contributed by atoms with Crippen LogP contribution >= 0.6 is 0 Å². The van der Waals surface area contributed by atoms with Crippen molar-refractivity contribution < 1.29 is 13.2 Å². The van der Waals surface area contributed by atoms with E-state index in [2.05, 4.69) is 5.32 Å². The summed E-state index contributed by atoms with van der Waals surface area (Å²) in [5.74, 6) is -0.284. The van der Waals surface area contributed by atoms with E-state index in [0.29, 0.717) is 17.8 Å². The molecule has 0 saturated carbocycles. The molecule has 1 aliphatic heterocycles. The number of carbonyl (C=O) groups is 1. The number of hydrogen-bond donors (Lipinski definition) is 1. The van der Waals surface area contributed by atoms with Gasteiger partial charge in [-0.2, -0.15) is 0 Å². The van der Waals surface area contributed by atoms with Gasteiger partial charge >= 0.3 is 0 Å². The minimum atomic E-state index is -3.67. The lowest BCUT2D eigenvalue weighted by molar-refractivity contribution is -0.117. The van der Waals surface area contributed by atoms with Gasteiger partial charge in [0.25, 0.3) is 0 Å². The Labute approximate surface area is 112 Å². The molecule has 0 aromatic heterocycles. The summed E-state index contributed by atoms with van der Waals surface area (Å²) in [6.07, 6.45) is 0.844. The molecule has 5 heteroatoms. The van der Waals surface area contributed by atoms with Crippen LogP contribution in [0.2, 0.25) is 0 Å². The Kier molecular flexibility index (Phi) is 2.41. The van der Waals surface area contributed by atoms with Crippen LogP contribution in [-0.4, -0.2) is 14.2 Å². The number of para-hydroxylation sites is 1. The van der Waals surface area contributed by atoms with Crippen molar-refractivity contribution in [2.24, 2.45) is 5.41 Å². The van der Waals surface area contributed by atoms with Crippen LogP contribution in [0.3, 0.4) is 0 Å². The van der Waals surface area contributed by atoms with E-state index in [0.717, 1.165) is 0 Å². The van der Waals surface area contributed by atoms with Gasteiger partial charge in [0.05, 0.1) is 10.6 Å². The third kappa shape index (κ3) is 1.80. The first-order valence-corrected chi connectivity index (χ1v) is 7.67. The first kappa shape index (κ1) is 12.4. The molecule has 0 fully saturated rings. The normalized spacial score (nSPS) is 23.4. The summed E-state index contributed by atoms with van der Waals surface area (Å²) in [7, 11) is -3.67. The summed E-state index contributed by atoms with van der Waals surface area (Å²) < 4.78 is 25.1. The van der Waals surface area contributed by atoms with Crippen molar-refractivity contribution in [3.63, 3.8) is 0 Å². The van der Waals surface area contributed by atoms with E-state index < -0.39 is 9.84 Å². The summed E-state index contributed by atoms with van der Waals surface area (Å²) in [4.78, 5) is 12.4. The fraction of sp³-hybridized carbons (Fsp3) is 0.357. The summed E-state index contributed by atoms with van der Waals surface area (Å²) in [5.41, 5.74) is 0.900. The van der Waals surface area contributed by atoms with Gasteiger partial charge in [-0.15, -0.1) is 0 Å². The molecule has 0 bridgehead atoms. The summed E-state index contributed by atoms with van der Waals surface area (Å²) in [6.45, 7) is 3.95. The van der Waals surface area contributed by atoms with Crippen LogP contribution in [0.25, 0.3) is 0 Å². The lowest BCUT2D eigenvalue weighted by Gasteiger charge is -2.35. The lowest BCUT2D eigenvalue weighted by atomic mass is 9.78. The number of benzene rings is 1. The number of sulfone groups is 1. The van der Waals surface area contributed by atoms with E-state index in [-0.39, 0.29) is 27.4 Å². The summed E-state index contributed by atoms with van der Waals surface area (Å²) >= 11 is 0. The highest BCUT2D eigenvalue weighted by atomic mass is 32.2. The predicted molar refractivity (Wildman–Crippen MR) is 72.3 cm³/mol. The van der Waals surface area contributed by atoms with Crippen LogP contribution in [-0.2, 0) is 14.6 Å². The fourth-order valence-corrected chi connectivity index (χ4v) is 4.50. The molecule has 0 amide bonds. The van der Waals surface area contributed by atoms with Crippen LogP contribution < -0.4 is 5.32 Å². The molecule has 0 unspecified atom stereocenters. The van der Waals surface area contributed by atoms with Crippen LogP contribution in [0, 0.1) is 5.41 Å². The van der Waals surface area contributed by atoms with E-state index in [1.54, 1.807) is 18.2 Å². The third-order valence-electron chi connectivity index (χ3n) is 3.55. The standard InChI is InChI=1S/C14H15NO3S/c1-14(2)7-10-13(11(16)8-14)19(17,18)12-6-4-3-5-9(12)15-10/h3-6,15H,7-8H2,1-2H3. The molecule has 1 heterocycles. The highest BCUT2D eigenvalue weighted by molar-refractivity contribution is 7.96. The molecule has 1 aliphatic carbocycles. The van der Waals surface area contributed by atoms with Crippen molar-refractivity contribution in [2.45, 2.75) is 31.6 Å². The number of rotatable bonds is 0. The van der Waals surface area contributed by atoms with Gasteiger partial charge in [-0.25, -0.2) is 8.42 Å². The van der Waals surface area contributed by atoms with Crippen LogP contribution in [0.1, 0.15) is 26.7 Å². The number of Topliss-reactive ketones (excluding diaryl/α,β-unsaturated/α-hetero) is 1. The second-order valence-electron chi connectivity index (χ2n) is 5.87. The average molecular weight is 277 g/mol.